The van der Waals surface area contributed by atoms with Crippen LogP contribution in [0.2, 0.25) is 0 Å². The number of hydrogen-bond donors (Lipinski definition) is 2. The zero-order valence-corrected chi connectivity index (χ0v) is 13.7. The zero-order chi connectivity index (χ0) is 14.9. The molecule has 0 saturated carbocycles. The van der Waals surface area contributed by atoms with E-state index in [1.54, 1.807) is 6.20 Å². The van der Waals surface area contributed by atoms with Gasteiger partial charge in [-0.25, -0.2) is 0 Å². The topological polar surface area (TPSA) is 61.0 Å². The molecule has 2 aromatic rings. The van der Waals surface area contributed by atoms with E-state index in [4.69, 9.17) is 0 Å². The number of nitrogens with zero attached hydrogens (tertiary/aromatic N) is 2. The van der Waals surface area contributed by atoms with Crippen molar-refractivity contribution in [2.75, 3.05) is 13.1 Å². The second kappa shape index (κ2) is 6.72. The molecule has 2 bridgehead atoms. The van der Waals surface area contributed by atoms with E-state index in [0.29, 0.717) is 17.6 Å². The number of carbonyl (C=O) groups excluding carboxylic acids is 1. The molecule has 1 aromatic carbocycles. The second-order valence-electron chi connectivity index (χ2n) is 6.11. The molecule has 2 fully saturated rings. The van der Waals surface area contributed by atoms with Crippen molar-refractivity contribution in [1.29, 1.82) is 0 Å². The highest BCUT2D eigenvalue weighted by molar-refractivity contribution is 6.00. The molecule has 1 amide bonds. The fourth-order valence-electron chi connectivity index (χ4n) is 3.73. The molecule has 3 heterocycles. The average Bonchev–Trinajstić information content (AvgIpc) is 3.11. The van der Waals surface area contributed by atoms with Crippen LogP contribution >= 0.6 is 12.4 Å². The molecular formula is C17H21ClN4O. The van der Waals surface area contributed by atoms with Gasteiger partial charge in [-0.15, -0.1) is 12.4 Å². The summed E-state index contributed by atoms with van der Waals surface area (Å²) < 4.78 is 0. The van der Waals surface area contributed by atoms with Gasteiger partial charge in [0.1, 0.15) is 0 Å². The Hall–Kier alpha value is -1.85. The molecule has 1 aromatic heterocycles. The van der Waals surface area contributed by atoms with E-state index in [1.807, 2.05) is 30.3 Å². The SMILES string of the molecule is Cl.O=C(c1cn[nH]c1-c1ccccc1)N1C2CCNCC1CC2. The lowest BCUT2D eigenvalue weighted by Crippen LogP contribution is -2.42. The number of hydrogen-bond acceptors (Lipinski definition) is 3. The van der Waals surface area contributed by atoms with Crippen LogP contribution in [0.1, 0.15) is 29.6 Å². The van der Waals surface area contributed by atoms with Gasteiger partial charge in [0.15, 0.2) is 0 Å². The summed E-state index contributed by atoms with van der Waals surface area (Å²) in [4.78, 5) is 15.2. The van der Waals surface area contributed by atoms with Gasteiger partial charge in [-0.3, -0.25) is 9.89 Å². The third-order valence-electron chi connectivity index (χ3n) is 4.82. The van der Waals surface area contributed by atoms with Crippen molar-refractivity contribution in [1.82, 2.24) is 20.4 Å². The maximum absolute atomic E-state index is 13.1. The fourth-order valence-corrected chi connectivity index (χ4v) is 3.73. The summed E-state index contributed by atoms with van der Waals surface area (Å²) in [5, 5.41) is 10.6. The normalized spacial score (nSPS) is 23.2. The number of amides is 1. The minimum absolute atomic E-state index is 0. The third kappa shape index (κ3) is 2.86. The third-order valence-corrected chi connectivity index (χ3v) is 4.82. The monoisotopic (exact) mass is 332 g/mol. The molecule has 5 nitrogen and oxygen atoms in total. The summed E-state index contributed by atoms with van der Waals surface area (Å²) in [6.07, 6.45) is 4.93. The van der Waals surface area contributed by atoms with Gasteiger partial charge in [0.25, 0.3) is 5.91 Å². The Bertz CT molecular complexity index is 658. The summed E-state index contributed by atoms with van der Waals surface area (Å²) in [6.45, 7) is 1.91. The van der Waals surface area contributed by atoms with Gasteiger partial charge < -0.3 is 10.2 Å². The van der Waals surface area contributed by atoms with Gasteiger partial charge in [0.05, 0.1) is 17.5 Å². The van der Waals surface area contributed by atoms with E-state index in [2.05, 4.69) is 20.4 Å². The molecule has 2 saturated heterocycles. The van der Waals surface area contributed by atoms with Gasteiger partial charge in [-0.05, 0) is 25.8 Å². The molecule has 122 valence electrons. The number of nitrogens with one attached hydrogen (secondary N) is 2. The highest BCUT2D eigenvalue weighted by Gasteiger charge is 2.39. The molecule has 2 unspecified atom stereocenters. The van der Waals surface area contributed by atoms with E-state index in [-0.39, 0.29) is 18.3 Å². The largest absolute Gasteiger partial charge is 0.331 e. The lowest BCUT2D eigenvalue weighted by atomic mass is 10.1. The van der Waals surface area contributed by atoms with Gasteiger partial charge in [0.2, 0.25) is 0 Å². The number of aromatic nitrogens is 2. The molecule has 6 heteroatoms. The first-order chi connectivity index (χ1) is 10.8. The Morgan fingerprint density at radius 1 is 1.13 bits per heavy atom. The standard InChI is InChI=1S/C17H20N4O.ClH/c22-17(21-13-6-7-14(21)10-18-9-8-13)15-11-19-20-16(15)12-4-2-1-3-5-12;/h1-5,11,13-14,18H,6-10H2,(H,19,20);1H. The Morgan fingerprint density at radius 2 is 1.91 bits per heavy atom. The summed E-state index contributed by atoms with van der Waals surface area (Å²) in [7, 11) is 0. The van der Waals surface area contributed by atoms with E-state index in [0.717, 1.165) is 43.6 Å². The number of carbonyl (C=O) groups is 1. The van der Waals surface area contributed by atoms with Gasteiger partial charge in [-0.2, -0.15) is 5.10 Å². The van der Waals surface area contributed by atoms with Crippen molar-refractivity contribution in [3.05, 3.63) is 42.1 Å². The molecular weight excluding hydrogens is 312 g/mol. The molecule has 0 spiro atoms. The molecule has 23 heavy (non-hydrogen) atoms. The average molecular weight is 333 g/mol. The van der Waals surface area contributed by atoms with Crippen LogP contribution in [-0.4, -0.2) is 46.2 Å². The van der Waals surface area contributed by atoms with E-state index < -0.39 is 0 Å². The van der Waals surface area contributed by atoms with E-state index in [9.17, 15) is 4.79 Å². The molecule has 2 aliphatic rings. The molecule has 0 aliphatic carbocycles. The summed E-state index contributed by atoms with van der Waals surface area (Å²) in [5.74, 6) is 0.115. The maximum atomic E-state index is 13.1. The second-order valence-corrected chi connectivity index (χ2v) is 6.11. The Balaban J connectivity index is 0.00000156. The van der Waals surface area contributed by atoms with Crippen LogP contribution in [0.3, 0.4) is 0 Å². The first kappa shape index (κ1) is 16.0. The first-order valence-corrected chi connectivity index (χ1v) is 7.97. The van der Waals surface area contributed by atoms with Crippen molar-refractivity contribution < 1.29 is 4.79 Å². The van der Waals surface area contributed by atoms with Gasteiger partial charge in [0, 0.05) is 24.2 Å². The Labute approximate surface area is 141 Å². The van der Waals surface area contributed by atoms with E-state index in [1.165, 1.54) is 0 Å². The van der Waals surface area contributed by atoms with Crippen molar-refractivity contribution >= 4 is 18.3 Å². The summed E-state index contributed by atoms with van der Waals surface area (Å²) in [5.41, 5.74) is 2.51. The van der Waals surface area contributed by atoms with Crippen molar-refractivity contribution in [3.63, 3.8) is 0 Å². The Morgan fingerprint density at radius 3 is 2.74 bits per heavy atom. The zero-order valence-electron chi connectivity index (χ0n) is 12.9. The molecule has 2 aliphatic heterocycles. The van der Waals surface area contributed by atoms with Crippen LogP contribution in [0.5, 0.6) is 0 Å². The molecule has 0 radical (unpaired) electrons. The van der Waals surface area contributed by atoms with Gasteiger partial charge in [-0.1, -0.05) is 30.3 Å². The molecule has 2 N–H and O–H groups in total. The van der Waals surface area contributed by atoms with Crippen LogP contribution in [0, 0.1) is 0 Å². The summed E-state index contributed by atoms with van der Waals surface area (Å²) in [6, 6.07) is 10.6. The van der Waals surface area contributed by atoms with Crippen LogP contribution in [-0.2, 0) is 0 Å². The number of aromatic amines is 1. The number of fused-ring (bicyclic) bond motifs is 2. The van der Waals surface area contributed by atoms with E-state index >= 15 is 0 Å². The van der Waals surface area contributed by atoms with Crippen molar-refractivity contribution in [2.24, 2.45) is 0 Å². The quantitative estimate of drug-likeness (QED) is 0.888. The highest BCUT2D eigenvalue weighted by atomic mass is 35.5. The van der Waals surface area contributed by atoms with Gasteiger partial charge >= 0.3 is 0 Å². The number of benzene rings is 1. The first-order valence-electron chi connectivity index (χ1n) is 7.97. The fraction of sp³-hybridized carbons (Fsp3) is 0.412. The lowest BCUT2D eigenvalue weighted by molar-refractivity contribution is 0.0681. The van der Waals surface area contributed by atoms with Crippen molar-refractivity contribution in [3.8, 4) is 11.3 Å². The van der Waals surface area contributed by atoms with Crippen LogP contribution in [0.15, 0.2) is 36.5 Å². The van der Waals surface area contributed by atoms with Crippen LogP contribution < -0.4 is 5.32 Å². The van der Waals surface area contributed by atoms with Crippen LogP contribution in [0.25, 0.3) is 11.3 Å². The predicted octanol–water partition coefficient (Wildman–Crippen LogP) is 2.46. The Kier molecular flexibility index (Phi) is 4.68. The minimum Gasteiger partial charge on any atom is -0.331 e. The number of rotatable bonds is 2. The smallest absolute Gasteiger partial charge is 0.258 e. The maximum Gasteiger partial charge on any atom is 0.258 e. The summed E-state index contributed by atoms with van der Waals surface area (Å²) >= 11 is 0. The van der Waals surface area contributed by atoms with Crippen molar-refractivity contribution in [2.45, 2.75) is 31.3 Å². The molecule has 2 atom stereocenters. The number of H-pyrrole nitrogens is 1. The number of halogens is 1. The minimum atomic E-state index is 0. The molecule has 4 rings (SSSR count). The van der Waals surface area contributed by atoms with Crippen LogP contribution in [0.4, 0.5) is 0 Å². The lowest BCUT2D eigenvalue weighted by Gasteiger charge is -2.27. The highest BCUT2D eigenvalue weighted by Crippen LogP contribution is 2.31. The predicted molar refractivity (Wildman–Crippen MR) is 91.7 cm³/mol.